The normalized spacial score (nSPS) is 23.3. The molecule has 0 radical (unpaired) electrons. The van der Waals surface area contributed by atoms with Gasteiger partial charge in [-0.25, -0.2) is 4.98 Å². The second kappa shape index (κ2) is 5.18. The fourth-order valence-electron chi connectivity index (χ4n) is 2.46. The summed E-state index contributed by atoms with van der Waals surface area (Å²) in [4.78, 5) is 31.7. The number of likely N-dealkylation sites (tertiary alicyclic amines) is 1. The number of hydrogen-bond acceptors (Lipinski definition) is 4. The molecule has 0 bridgehead atoms. The quantitative estimate of drug-likeness (QED) is 0.650. The molecule has 7 heteroatoms. The molecule has 1 aromatic rings. The van der Waals surface area contributed by atoms with E-state index in [1.807, 2.05) is 0 Å². The second-order valence-electron chi connectivity index (χ2n) is 4.44. The number of primary amides is 1. The number of aromatic amines is 1. The van der Waals surface area contributed by atoms with Gasteiger partial charge in [0.15, 0.2) is 5.82 Å². The molecule has 2 heterocycles. The molecule has 0 saturated carbocycles. The van der Waals surface area contributed by atoms with Crippen LogP contribution >= 0.6 is 0 Å². The Morgan fingerprint density at radius 2 is 2.17 bits per heavy atom. The van der Waals surface area contributed by atoms with Crippen molar-refractivity contribution < 1.29 is 9.59 Å². The van der Waals surface area contributed by atoms with Gasteiger partial charge >= 0.3 is 0 Å². The first-order chi connectivity index (χ1) is 8.63. The lowest BCUT2D eigenvalue weighted by atomic mass is 10.1. The van der Waals surface area contributed by atoms with Gasteiger partial charge in [-0.15, -0.1) is 0 Å². The molecule has 1 fully saturated rings. The van der Waals surface area contributed by atoms with Gasteiger partial charge in [-0.05, 0) is 12.8 Å². The van der Waals surface area contributed by atoms with E-state index in [0.29, 0.717) is 6.54 Å². The summed E-state index contributed by atoms with van der Waals surface area (Å²) in [5, 5.41) is 0. The van der Waals surface area contributed by atoms with Crippen LogP contribution in [0.15, 0.2) is 12.4 Å². The summed E-state index contributed by atoms with van der Waals surface area (Å²) < 4.78 is 0. The first kappa shape index (κ1) is 12.6. The highest BCUT2D eigenvalue weighted by Crippen LogP contribution is 2.27. The fourth-order valence-corrected chi connectivity index (χ4v) is 2.46. The number of H-pyrrole nitrogens is 1. The Kier molecular flexibility index (Phi) is 3.61. The van der Waals surface area contributed by atoms with E-state index in [2.05, 4.69) is 9.97 Å². The minimum Gasteiger partial charge on any atom is -0.370 e. The summed E-state index contributed by atoms with van der Waals surface area (Å²) >= 11 is 0. The van der Waals surface area contributed by atoms with E-state index >= 15 is 0 Å². The molecule has 1 saturated heterocycles. The number of rotatable bonds is 4. The summed E-state index contributed by atoms with van der Waals surface area (Å²) in [7, 11) is 0. The van der Waals surface area contributed by atoms with Gasteiger partial charge < -0.3 is 21.4 Å². The average molecular weight is 251 g/mol. The van der Waals surface area contributed by atoms with E-state index in [4.69, 9.17) is 11.5 Å². The van der Waals surface area contributed by atoms with Crippen molar-refractivity contribution in [3.63, 3.8) is 0 Å². The Balaban J connectivity index is 2.19. The zero-order valence-corrected chi connectivity index (χ0v) is 10.0. The number of nitrogens with two attached hydrogens (primary N) is 2. The van der Waals surface area contributed by atoms with Crippen molar-refractivity contribution >= 4 is 11.8 Å². The average Bonchev–Trinajstić information content (AvgIpc) is 2.95. The number of carbonyl (C=O) groups is 2. The molecule has 0 spiro atoms. The zero-order chi connectivity index (χ0) is 13.1. The van der Waals surface area contributed by atoms with Crippen LogP contribution in [0.5, 0.6) is 0 Å². The van der Waals surface area contributed by atoms with Crippen molar-refractivity contribution in [1.82, 2.24) is 14.9 Å². The molecule has 1 aliphatic heterocycles. The highest BCUT2D eigenvalue weighted by molar-refractivity contribution is 5.91. The van der Waals surface area contributed by atoms with Gasteiger partial charge in [0.25, 0.3) is 5.91 Å². The predicted octanol–water partition coefficient (Wildman–Crippen LogP) is -0.783. The lowest BCUT2D eigenvalue weighted by Crippen LogP contribution is -2.46. The maximum absolute atomic E-state index is 12.3. The molecule has 5 N–H and O–H groups in total. The van der Waals surface area contributed by atoms with Crippen LogP contribution in [0.4, 0.5) is 0 Å². The largest absolute Gasteiger partial charge is 0.370 e. The van der Waals surface area contributed by atoms with E-state index in [0.717, 1.165) is 12.8 Å². The van der Waals surface area contributed by atoms with Crippen LogP contribution in [0.3, 0.4) is 0 Å². The monoisotopic (exact) mass is 251 g/mol. The van der Waals surface area contributed by atoms with Crippen LogP contribution in [0.1, 0.15) is 29.9 Å². The lowest BCUT2D eigenvalue weighted by Gasteiger charge is -2.28. The van der Waals surface area contributed by atoms with E-state index in [1.54, 1.807) is 11.1 Å². The molecule has 18 heavy (non-hydrogen) atoms. The highest BCUT2D eigenvalue weighted by atomic mass is 16.2. The predicted molar refractivity (Wildman–Crippen MR) is 64.4 cm³/mol. The smallest absolute Gasteiger partial charge is 0.290 e. The number of carbonyl (C=O) groups excluding carboxylic acids is 2. The molecule has 0 aromatic carbocycles. The molecule has 2 atom stereocenters. The van der Waals surface area contributed by atoms with Crippen LogP contribution in [-0.2, 0) is 4.79 Å². The van der Waals surface area contributed by atoms with E-state index in [9.17, 15) is 9.59 Å². The van der Waals surface area contributed by atoms with Crippen molar-refractivity contribution in [2.24, 2.45) is 11.5 Å². The maximum atomic E-state index is 12.3. The van der Waals surface area contributed by atoms with Gasteiger partial charge in [-0.3, -0.25) is 9.59 Å². The third kappa shape index (κ3) is 2.35. The third-order valence-corrected chi connectivity index (χ3v) is 3.26. The Morgan fingerprint density at radius 1 is 1.44 bits per heavy atom. The SMILES string of the molecule is NC[C@@H]1CC[C@H](CC(N)=O)N1C(=O)c1ncc[nH]1. The van der Waals surface area contributed by atoms with Crippen molar-refractivity contribution in [3.8, 4) is 0 Å². The zero-order valence-electron chi connectivity index (χ0n) is 10.0. The number of aromatic nitrogens is 2. The van der Waals surface area contributed by atoms with Gasteiger partial charge in [0.05, 0.1) is 0 Å². The van der Waals surface area contributed by atoms with Crippen molar-refractivity contribution in [2.45, 2.75) is 31.3 Å². The van der Waals surface area contributed by atoms with E-state index in [-0.39, 0.29) is 30.2 Å². The number of hydrogen-bond donors (Lipinski definition) is 3. The summed E-state index contributed by atoms with van der Waals surface area (Å²) in [6, 6.07) is -0.222. The molecular weight excluding hydrogens is 234 g/mol. The van der Waals surface area contributed by atoms with Crippen LogP contribution in [0.25, 0.3) is 0 Å². The Bertz CT molecular complexity index is 431. The van der Waals surface area contributed by atoms with Gasteiger partial charge in [0.1, 0.15) is 0 Å². The molecule has 1 aliphatic rings. The van der Waals surface area contributed by atoms with Gasteiger partial charge in [-0.2, -0.15) is 0 Å². The molecule has 0 unspecified atom stereocenters. The van der Waals surface area contributed by atoms with Gasteiger partial charge in [-0.1, -0.05) is 0 Å². The van der Waals surface area contributed by atoms with Crippen LogP contribution in [0, 0.1) is 0 Å². The van der Waals surface area contributed by atoms with E-state index < -0.39 is 5.91 Å². The number of imidazole rings is 1. The summed E-state index contributed by atoms with van der Waals surface area (Å²) in [6.45, 7) is 0.377. The maximum Gasteiger partial charge on any atom is 0.290 e. The summed E-state index contributed by atoms with van der Waals surface area (Å²) in [5.74, 6) is -0.362. The Labute approximate surface area is 105 Å². The Morgan fingerprint density at radius 3 is 2.72 bits per heavy atom. The molecule has 1 aromatic heterocycles. The lowest BCUT2D eigenvalue weighted by molar-refractivity contribution is -0.118. The van der Waals surface area contributed by atoms with Gasteiger partial charge in [0.2, 0.25) is 5.91 Å². The topological polar surface area (TPSA) is 118 Å². The van der Waals surface area contributed by atoms with Crippen molar-refractivity contribution in [3.05, 3.63) is 18.2 Å². The fraction of sp³-hybridized carbons (Fsp3) is 0.545. The van der Waals surface area contributed by atoms with E-state index in [1.165, 1.54) is 6.20 Å². The first-order valence-electron chi connectivity index (χ1n) is 5.94. The minimum atomic E-state index is -0.407. The highest BCUT2D eigenvalue weighted by Gasteiger charge is 2.37. The minimum absolute atomic E-state index is 0.0491. The number of nitrogens with one attached hydrogen (secondary N) is 1. The van der Waals surface area contributed by atoms with Crippen LogP contribution < -0.4 is 11.5 Å². The van der Waals surface area contributed by atoms with Crippen molar-refractivity contribution in [1.29, 1.82) is 0 Å². The summed E-state index contributed by atoms with van der Waals surface area (Å²) in [6.07, 6.45) is 4.81. The van der Waals surface area contributed by atoms with Crippen molar-refractivity contribution in [2.75, 3.05) is 6.54 Å². The second-order valence-corrected chi connectivity index (χ2v) is 4.44. The molecule has 98 valence electrons. The number of nitrogens with zero attached hydrogens (tertiary/aromatic N) is 2. The first-order valence-corrected chi connectivity index (χ1v) is 5.94. The Hall–Kier alpha value is -1.89. The van der Waals surface area contributed by atoms with Crippen LogP contribution in [-0.4, -0.2) is 45.3 Å². The summed E-state index contributed by atoms with van der Waals surface area (Å²) in [5.41, 5.74) is 10.9. The molecule has 7 nitrogen and oxygen atoms in total. The van der Waals surface area contributed by atoms with Crippen LogP contribution in [0.2, 0.25) is 0 Å². The third-order valence-electron chi connectivity index (χ3n) is 3.26. The molecule has 0 aliphatic carbocycles. The van der Waals surface area contributed by atoms with Gasteiger partial charge in [0, 0.05) is 37.4 Å². The molecule has 2 rings (SSSR count). The molecule has 2 amide bonds. The number of amides is 2. The molecular formula is C11H17N5O2. The standard InChI is InChI=1S/C11H17N5O2/c12-6-8-2-1-7(5-9(13)17)16(8)11(18)10-14-3-4-15-10/h3-4,7-8H,1-2,5-6,12H2,(H2,13,17)(H,14,15)/t7-,8+/m1/s1.